The van der Waals surface area contributed by atoms with Crippen molar-refractivity contribution in [2.75, 3.05) is 26.2 Å². The van der Waals surface area contributed by atoms with E-state index < -0.39 is 0 Å². The number of likely N-dealkylation sites (N-methyl/N-ethyl adjacent to an activating group) is 1. The number of nitrogens with zero attached hydrogens (tertiary/aromatic N) is 3. The van der Waals surface area contributed by atoms with Gasteiger partial charge in [-0.15, -0.1) is 0 Å². The van der Waals surface area contributed by atoms with Crippen LogP contribution in [0.25, 0.3) is 0 Å². The topological polar surface area (TPSA) is 30.3 Å². The summed E-state index contributed by atoms with van der Waals surface area (Å²) in [7, 11) is 0. The number of nitriles is 1. The Morgan fingerprint density at radius 2 is 2.05 bits per heavy atom. The molecule has 1 fully saturated rings. The van der Waals surface area contributed by atoms with Crippen molar-refractivity contribution in [3.8, 4) is 6.07 Å². The fourth-order valence-corrected chi connectivity index (χ4v) is 2.74. The molecule has 0 N–H and O–H groups in total. The zero-order valence-corrected chi connectivity index (χ0v) is 11.5. The molecule has 2 unspecified atom stereocenters. The summed E-state index contributed by atoms with van der Waals surface area (Å²) in [5.41, 5.74) is 0.876. The largest absolute Gasteiger partial charge is 0.298 e. The van der Waals surface area contributed by atoms with Gasteiger partial charge in [0, 0.05) is 25.7 Å². The van der Waals surface area contributed by atoms with Crippen LogP contribution in [0.1, 0.15) is 25.5 Å². The summed E-state index contributed by atoms with van der Waals surface area (Å²) in [6.45, 7) is 8.14. The van der Waals surface area contributed by atoms with E-state index in [9.17, 15) is 9.65 Å². The van der Waals surface area contributed by atoms with Crippen LogP contribution in [0.3, 0.4) is 0 Å². The second kappa shape index (κ2) is 6.14. The lowest BCUT2D eigenvalue weighted by Gasteiger charge is -2.41. The van der Waals surface area contributed by atoms with Gasteiger partial charge in [-0.3, -0.25) is 9.80 Å². The molecule has 4 heteroatoms. The summed E-state index contributed by atoms with van der Waals surface area (Å²) >= 11 is 0. The molecule has 0 aromatic heterocycles. The van der Waals surface area contributed by atoms with Gasteiger partial charge >= 0.3 is 0 Å². The van der Waals surface area contributed by atoms with E-state index in [2.05, 4.69) is 29.7 Å². The van der Waals surface area contributed by atoms with Crippen molar-refractivity contribution in [1.82, 2.24) is 9.80 Å². The maximum Gasteiger partial charge on any atom is 0.123 e. The van der Waals surface area contributed by atoms with Crippen LogP contribution in [0, 0.1) is 17.1 Å². The van der Waals surface area contributed by atoms with Crippen LogP contribution in [0.4, 0.5) is 4.39 Å². The molecule has 1 aromatic rings. The summed E-state index contributed by atoms with van der Waals surface area (Å²) in [5.74, 6) is -0.260. The Morgan fingerprint density at radius 1 is 1.37 bits per heavy atom. The lowest BCUT2D eigenvalue weighted by atomic mass is 10.0. The van der Waals surface area contributed by atoms with Gasteiger partial charge in [0.15, 0.2) is 0 Å². The van der Waals surface area contributed by atoms with E-state index in [4.69, 9.17) is 0 Å². The van der Waals surface area contributed by atoms with Gasteiger partial charge in [0.1, 0.15) is 11.9 Å². The highest BCUT2D eigenvalue weighted by Crippen LogP contribution is 2.23. The Labute approximate surface area is 114 Å². The SMILES string of the molecule is CCN1CCN(C(C#N)c2ccc(F)cc2)CC1C. The van der Waals surface area contributed by atoms with E-state index in [1.54, 1.807) is 12.1 Å². The zero-order valence-electron chi connectivity index (χ0n) is 11.5. The van der Waals surface area contributed by atoms with Crippen LogP contribution < -0.4 is 0 Å². The van der Waals surface area contributed by atoms with Crippen molar-refractivity contribution < 1.29 is 4.39 Å². The first-order valence-corrected chi connectivity index (χ1v) is 6.79. The van der Waals surface area contributed by atoms with Gasteiger partial charge < -0.3 is 0 Å². The van der Waals surface area contributed by atoms with Crippen molar-refractivity contribution in [2.24, 2.45) is 0 Å². The quantitative estimate of drug-likeness (QED) is 0.837. The highest BCUT2D eigenvalue weighted by atomic mass is 19.1. The summed E-state index contributed by atoms with van der Waals surface area (Å²) in [6.07, 6.45) is 0. The third-order valence-corrected chi connectivity index (χ3v) is 3.88. The molecule has 2 rings (SSSR count). The Balaban J connectivity index is 2.11. The van der Waals surface area contributed by atoms with Crippen molar-refractivity contribution in [3.63, 3.8) is 0 Å². The number of halogens is 1. The first-order chi connectivity index (χ1) is 9.15. The van der Waals surface area contributed by atoms with Gasteiger partial charge in [-0.05, 0) is 31.2 Å². The highest BCUT2D eigenvalue weighted by Gasteiger charge is 2.28. The zero-order chi connectivity index (χ0) is 13.8. The number of hydrogen-bond acceptors (Lipinski definition) is 3. The Hall–Kier alpha value is -1.44. The molecule has 1 aliphatic rings. The second-order valence-corrected chi connectivity index (χ2v) is 5.06. The summed E-state index contributed by atoms with van der Waals surface area (Å²) < 4.78 is 13.0. The maximum absolute atomic E-state index is 13.0. The fraction of sp³-hybridized carbons (Fsp3) is 0.533. The van der Waals surface area contributed by atoms with Gasteiger partial charge in [0.2, 0.25) is 0 Å². The molecule has 1 saturated heterocycles. The van der Waals surface area contributed by atoms with Crippen molar-refractivity contribution in [3.05, 3.63) is 35.6 Å². The molecule has 0 bridgehead atoms. The van der Waals surface area contributed by atoms with Crippen LogP contribution in [0.5, 0.6) is 0 Å². The summed E-state index contributed by atoms with van der Waals surface area (Å²) in [6, 6.07) is 8.78. The molecular weight excluding hydrogens is 241 g/mol. The molecule has 1 aliphatic heterocycles. The Bertz CT molecular complexity index is 451. The standard InChI is InChI=1S/C15H20FN3/c1-3-18-8-9-19(11-12(18)2)15(10-17)13-4-6-14(16)7-5-13/h4-7,12,15H,3,8-9,11H2,1-2H3. The van der Waals surface area contributed by atoms with Gasteiger partial charge in [-0.1, -0.05) is 19.1 Å². The van der Waals surface area contributed by atoms with E-state index in [1.165, 1.54) is 12.1 Å². The van der Waals surface area contributed by atoms with E-state index >= 15 is 0 Å². The monoisotopic (exact) mass is 261 g/mol. The number of piperazine rings is 1. The average Bonchev–Trinajstić information content (AvgIpc) is 2.42. The van der Waals surface area contributed by atoms with Crippen LogP contribution in [0.15, 0.2) is 24.3 Å². The molecule has 3 nitrogen and oxygen atoms in total. The lowest BCUT2D eigenvalue weighted by Crippen LogP contribution is -2.52. The average molecular weight is 261 g/mol. The molecule has 0 amide bonds. The molecular formula is C15H20FN3. The van der Waals surface area contributed by atoms with Crippen LogP contribution in [-0.2, 0) is 0 Å². The van der Waals surface area contributed by atoms with E-state index in [-0.39, 0.29) is 11.9 Å². The number of rotatable bonds is 3. The third kappa shape index (κ3) is 3.12. The number of hydrogen-bond donors (Lipinski definition) is 0. The van der Waals surface area contributed by atoms with E-state index in [0.717, 1.165) is 31.7 Å². The Morgan fingerprint density at radius 3 is 2.58 bits per heavy atom. The van der Waals surface area contributed by atoms with Crippen LogP contribution in [0.2, 0.25) is 0 Å². The van der Waals surface area contributed by atoms with Crippen LogP contribution >= 0.6 is 0 Å². The lowest BCUT2D eigenvalue weighted by molar-refractivity contribution is 0.0730. The van der Waals surface area contributed by atoms with Crippen molar-refractivity contribution >= 4 is 0 Å². The van der Waals surface area contributed by atoms with Crippen molar-refractivity contribution in [1.29, 1.82) is 5.26 Å². The van der Waals surface area contributed by atoms with E-state index in [0.29, 0.717) is 6.04 Å². The minimum absolute atomic E-state index is 0.260. The molecule has 19 heavy (non-hydrogen) atoms. The third-order valence-electron chi connectivity index (χ3n) is 3.88. The highest BCUT2D eigenvalue weighted by molar-refractivity contribution is 5.25. The minimum Gasteiger partial charge on any atom is -0.298 e. The molecule has 102 valence electrons. The molecule has 0 spiro atoms. The Kier molecular flexibility index (Phi) is 4.52. The van der Waals surface area contributed by atoms with Gasteiger partial charge in [0.25, 0.3) is 0 Å². The molecule has 1 heterocycles. The first-order valence-electron chi connectivity index (χ1n) is 6.79. The molecule has 0 radical (unpaired) electrons. The fourth-order valence-electron chi connectivity index (χ4n) is 2.74. The first kappa shape index (κ1) is 14.0. The number of benzene rings is 1. The van der Waals surface area contributed by atoms with Gasteiger partial charge in [0.05, 0.1) is 6.07 Å². The summed E-state index contributed by atoms with van der Waals surface area (Å²) in [4.78, 5) is 4.60. The smallest absolute Gasteiger partial charge is 0.123 e. The maximum atomic E-state index is 13.0. The van der Waals surface area contributed by atoms with Crippen LogP contribution in [-0.4, -0.2) is 42.0 Å². The molecule has 0 saturated carbocycles. The predicted molar refractivity (Wildman–Crippen MR) is 73.0 cm³/mol. The summed E-state index contributed by atoms with van der Waals surface area (Å²) in [5, 5.41) is 9.41. The molecule has 0 aliphatic carbocycles. The van der Waals surface area contributed by atoms with Crippen molar-refractivity contribution in [2.45, 2.75) is 25.9 Å². The van der Waals surface area contributed by atoms with Gasteiger partial charge in [-0.25, -0.2) is 4.39 Å². The molecule has 1 aromatic carbocycles. The second-order valence-electron chi connectivity index (χ2n) is 5.06. The normalized spacial score (nSPS) is 22.9. The minimum atomic E-state index is -0.276. The molecule has 2 atom stereocenters. The van der Waals surface area contributed by atoms with Gasteiger partial charge in [-0.2, -0.15) is 5.26 Å². The predicted octanol–water partition coefficient (Wildman–Crippen LogP) is 2.42. The van der Waals surface area contributed by atoms with E-state index in [1.807, 2.05) is 0 Å².